The number of alkyl halides is 3. The van der Waals surface area contributed by atoms with Crippen LogP contribution in [0.25, 0.3) is 16.0 Å². The summed E-state index contributed by atoms with van der Waals surface area (Å²) in [6, 6.07) is 30.7. The molecule has 4 heterocycles. The Bertz CT molecular complexity index is 4520. The summed E-state index contributed by atoms with van der Waals surface area (Å²) in [5.74, 6) is -2.39. The Balaban J connectivity index is 0.601. The fraction of sp³-hybridized carbons (Fsp3) is 0.512. The molecule has 10 rings (SSSR count). The van der Waals surface area contributed by atoms with E-state index in [1.165, 1.54) is 39.9 Å². The van der Waals surface area contributed by atoms with Crippen molar-refractivity contribution in [2.45, 2.75) is 124 Å². The number of likely N-dealkylation sites (tertiary alicyclic amines) is 1. The van der Waals surface area contributed by atoms with Gasteiger partial charge in [-0.05, 0) is 139 Å². The average molecular weight is 1710 g/mol. The van der Waals surface area contributed by atoms with Gasteiger partial charge in [0, 0.05) is 105 Å². The maximum Gasteiger partial charge on any atom is 0.501 e. The van der Waals surface area contributed by atoms with Crippen molar-refractivity contribution >= 4 is 101 Å². The van der Waals surface area contributed by atoms with Gasteiger partial charge < -0.3 is 64.6 Å². The Morgan fingerprint density at radius 1 is 0.759 bits per heavy atom. The van der Waals surface area contributed by atoms with E-state index >= 15 is 0 Å². The van der Waals surface area contributed by atoms with E-state index < -0.39 is 94.1 Å². The summed E-state index contributed by atoms with van der Waals surface area (Å²) in [4.78, 5) is 79.9. The third-order valence-electron chi connectivity index (χ3n) is 20.8. The van der Waals surface area contributed by atoms with Crippen molar-refractivity contribution in [3.05, 3.63) is 160 Å². The zero-order chi connectivity index (χ0) is 83.2. The number of carbonyl (C=O) groups is 5. The number of nitrogens with zero attached hydrogens (tertiary/aromatic N) is 5. The molecule has 4 aliphatic rings. The van der Waals surface area contributed by atoms with Crippen LogP contribution in [0, 0.1) is 17.8 Å². The number of ether oxygens (including phenoxy) is 6. The predicted octanol–water partition coefficient (Wildman–Crippen LogP) is 9.81. The number of sulfone groups is 1. The Morgan fingerprint density at radius 3 is 1.99 bits per heavy atom. The minimum absolute atomic E-state index is 0.0550. The fourth-order valence-corrected chi connectivity index (χ4v) is 18.2. The van der Waals surface area contributed by atoms with Crippen LogP contribution in [-0.2, 0) is 67.5 Å². The number of sulfonamides is 1. The minimum Gasteiger partial charge on any atom is -0.391 e. The first-order valence-electron chi connectivity index (χ1n) is 38.9. The quantitative estimate of drug-likeness (QED) is 0.0154. The highest BCUT2D eigenvalue weighted by atomic mass is 35.5. The number of β-amino-alcohol motifs (C(OH)–C–C–N with tert-alkyl or cyclic N) is 1. The molecule has 632 valence electrons. The predicted molar refractivity (Wildman–Crippen MR) is 440 cm³/mol. The van der Waals surface area contributed by atoms with Crippen molar-refractivity contribution in [1.29, 1.82) is 0 Å². The van der Waals surface area contributed by atoms with Gasteiger partial charge in [-0.1, -0.05) is 99.5 Å². The summed E-state index contributed by atoms with van der Waals surface area (Å²) in [7, 11) is -11.0. The molecule has 1 unspecified atom stereocenters. The van der Waals surface area contributed by atoms with Gasteiger partial charge in [-0.3, -0.25) is 33.8 Å². The fourth-order valence-electron chi connectivity index (χ4n) is 14.2. The number of rotatable bonds is 40. The number of anilines is 2. The molecule has 0 bridgehead atoms. The van der Waals surface area contributed by atoms with Gasteiger partial charge in [-0.15, -0.1) is 23.1 Å². The molecule has 5 amide bonds. The summed E-state index contributed by atoms with van der Waals surface area (Å²) in [5.41, 5.74) is 1.69. The number of hydrogen-bond acceptors (Lipinski definition) is 23. The topological polar surface area (TPSA) is 315 Å². The second-order valence-electron chi connectivity index (χ2n) is 30.7. The summed E-state index contributed by atoms with van der Waals surface area (Å²) < 4.78 is 133. The molecule has 6 N–H and O–H groups in total. The Kier molecular flexibility index (Phi) is 33.1. The lowest BCUT2D eigenvalue weighted by molar-refractivity contribution is -0.144. The van der Waals surface area contributed by atoms with Crippen LogP contribution in [0.1, 0.15) is 99.9 Å². The van der Waals surface area contributed by atoms with Gasteiger partial charge in [0.25, 0.3) is 25.8 Å². The number of carbonyl (C=O) groups excluding carboxylic acids is 5. The van der Waals surface area contributed by atoms with E-state index in [9.17, 15) is 59.1 Å². The van der Waals surface area contributed by atoms with Crippen LogP contribution in [-0.4, -0.2) is 251 Å². The highest BCUT2D eigenvalue weighted by molar-refractivity contribution is 7.99. The van der Waals surface area contributed by atoms with E-state index in [2.05, 4.69) is 47.9 Å². The number of aliphatic hydroxyl groups is 1. The number of thiazole rings is 1. The van der Waals surface area contributed by atoms with E-state index in [0.717, 1.165) is 69.2 Å². The van der Waals surface area contributed by atoms with E-state index in [-0.39, 0.29) is 95.4 Å². The lowest BCUT2D eigenvalue weighted by Crippen LogP contribution is -2.58. The number of thioether (sulfide) groups is 1. The van der Waals surface area contributed by atoms with Crippen LogP contribution in [0.2, 0.25) is 5.02 Å². The third-order valence-corrected chi connectivity index (χ3v) is 26.0. The number of benzene rings is 5. The molecule has 26 nitrogen and oxygen atoms in total. The van der Waals surface area contributed by atoms with Crippen molar-refractivity contribution in [1.82, 2.24) is 40.4 Å². The van der Waals surface area contributed by atoms with E-state index in [0.29, 0.717) is 102 Å². The molecule has 1 aliphatic carbocycles. The Hall–Kier alpha value is -7.61. The van der Waals surface area contributed by atoms with Gasteiger partial charge in [0.05, 0.1) is 105 Å². The number of halogens is 4. The number of aliphatic hydroxyl groups excluding tert-OH is 1. The van der Waals surface area contributed by atoms with Crippen molar-refractivity contribution < 1.29 is 87.5 Å². The lowest BCUT2D eigenvalue weighted by Gasteiger charge is -2.41. The first-order valence-corrected chi connectivity index (χ1v) is 44.1. The normalized spacial score (nSPS) is 18.8. The molecule has 3 fully saturated rings. The number of nitrogens with one attached hydrogen (secondary N) is 5. The first-order chi connectivity index (χ1) is 55.3. The largest absolute Gasteiger partial charge is 0.501 e. The Labute approximate surface area is 690 Å². The van der Waals surface area contributed by atoms with Crippen molar-refractivity contribution in [3.63, 3.8) is 0 Å². The molecule has 1 aromatic heterocycles. The highest BCUT2D eigenvalue weighted by Crippen LogP contribution is 2.44. The first kappa shape index (κ1) is 90.7. The minimum atomic E-state index is -6.12. The number of aryl methyl sites for hydroxylation is 1. The van der Waals surface area contributed by atoms with Gasteiger partial charge in [0.2, 0.25) is 23.6 Å². The molecule has 34 heteroatoms. The molecule has 6 atom stereocenters. The summed E-state index contributed by atoms with van der Waals surface area (Å²) in [6.45, 7) is 19.3. The molecule has 0 spiro atoms. The van der Waals surface area contributed by atoms with Crippen LogP contribution in [0.5, 0.6) is 0 Å². The third kappa shape index (κ3) is 26.2. The van der Waals surface area contributed by atoms with Gasteiger partial charge in [-0.2, -0.15) is 13.2 Å². The number of aromatic nitrogens is 1. The Morgan fingerprint density at radius 2 is 1.38 bits per heavy atom. The number of allylic oxidation sites excluding steroid dienone is 1. The molecule has 3 saturated heterocycles. The summed E-state index contributed by atoms with van der Waals surface area (Å²) >= 11 is 9.32. The molecular formula is C82H106ClF3N10O16S4. The van der Waals surface area contributed by atoms with Crippen molar-refractivity contribution in [2.75, 3.05) is 161 Å². The maximum atomic E-state index is 14.4. The zero-order valence-corrected chi connectivity index (χ0v) is 70.3. The molecule has 5 aromatic carbocycles. The van der Waals surface area contributed by atoms with Crippen LogP contribution < -0.4 is 30.9 Å². The van der Waals surface area contributed by atoms with Crippen LogP contribution in [0.3, 0.4) is 0 Å². The second-order valence-corrected chi connectivity index (χ2v) is 36.7. The van der Waals surface area contributed by atoms with E-state index in [1.54, 1.807) is 29.0 Å². The van der Waals surface area contributed by atoms with Gasteiger partial charge in [0.1, 0.15) is 30.2 Å². The van der Waals surface area contributed by atoms with Crippen LogP contribution in [0.4, 0.5) is 24.5 Å². The lowest BCUT2D eigenvalue weighted by atomic mass is 9.71. The highest BCUT2D eigenvalue weighted by Gasteiger charge is 2.49. The van der Waals surface area contributed by atoms with Crippen LogP contribution >= 0.6 is 34.7 Å². The molecule has 116 heavy (non-hydrogen) atoms. The van der Waals surface area contributed by atoms with Crippen molar-refractivity contribution in [2.24, 2.45) is 10.8 Å². The molecule has 0 radical (unpaired) electrons. The molecule has 3 aliphatic heterocycles. The van der Waals surface area contributed by atoms with Gasteiger partial charge >= 0.3 is 5.51 Å². The second kappa shape index (κ2) is 42.4. The van der Waals surface area contributed by atoms with E-state index in [4.69, 9.17) is 40.0 Å². The molecular weight excluding hydrogens is 1600 g/mol. The number of morpholine rings is 1. The van der Waals surface area contributed by atoms with Gasteiger partial charge in [-0.25, -0.2) is 26.5 Å². The SMILES string of the molecule is Cc1ncsc1-c1ccc([C@H](C)NC(=O)[C@@H]2C[C@@H](O)CN2C(=O)[C@@H](NC(=O)COCCOCCOCCOCCOCC(=O)NCC2(C)CCC(c3ccc(Cl)cc3)=C(CN3CCN(c4ccc(C(=O)NS(=O)(=O)c5ccc(N[C@H](CCN6CCOCC6)CSc6ccccc6)c(S(=O)(=O)C(F)(F)F)c5)cc4)CC3)C2)C(C)(C)C)cc1. The standard InChI is InChI=1S/C82H106ClF3N10O16S4/c1-56(58-12-14-60(15-13-58)75-57(2)88-55-114-75)89-78(101)71-46-66(97)50-96(71)79(102)76(80(3,4)5)91-74(99)52-112-45-43-110-41-39-108-38-40-109-42-44-111-51-73(98)87-54-81(6)28-26-69(59-16-20-63(83)21-17-59)62(48-81)49-94-30-32-95(33-31-94)65-22-18-61(19-23-65)77(100)92-116(105,106)68-24-25-70(72(47-68)115(103,104)82(84,85)86)90-64(27-29-93-34-36-107-37-35-93)53-113-67-10-8-7-9-11-67/h7-25,47,55-56,64,66,71,76,90,97H,26-46,48-54H2,1-6H3,(H,87,98)(H,89,101)(H,91,99)(H,92,100)/t56-,64+,66+,71-,76+,81?/m0/s1. The monoisotopic (exact) mass is 1710 g/mol. The zero-order valence-electron chi connectivity index (χ0n) is 66.3. The smallest absolute Gasteiger partial charge is 0.391 e. The van der Waals surface area contributed by atoms with E-state index in [1.807, 2.05) is 118 Å². The van der Waals surface area contributed by atoms with Gasteiger partial charge in [0.15, 0.2) is 0 Å². The van der Waals surface area contributed by atoms with Crippen molar-refractivity contribution in [3.8, 4) is 10.4 Å². The molecule has 6 aromatic rings. The van der Waals surface area contributed by atoms with Crippen LogP contribution in [0.15, 0.2) is 147 Å². The number of hydrogen-bond donors (Lipinski definition) is 6. The molecule has 0 saturated carbocycles. The average Bonchev–Trinajstić information content (AvgIpc) is 0.950. The maximum absolute atomic E-state index is 14.4. The number of piperazine rings is 1. The summed E-state index contributed by atoms with van der Waals surface area (Å²) in [6.07, 6.45) is 1.88. The number of amides is 5. The summed E-state index contributed by atoms with van der Waals surface area (Å²) in [5, 5.41) is 23.2.